The van der Waals surface area contributed by atoms with Gasteiger partial charge in [0.1, 0.15) is 12.5 Å². The standard InChI is InChI=1S/C14H13NO3S/c15-8-18-12-4-2-1-3-10(12)9-5-6-13(19)11(7-9)14(16)17/h1-7,19H,8,15H2,(H,16,17). The highest BCUT2D eigenvalue weighted by atomic mass is 32.1. The number of para-hydroxylation sites is 1. The van der Waals surface area contributed by atoms with Crippen LogP contribution in [0.1, 0.15) is 10.4 Å². The number of hydrogen-bond donors (Lipinski definition) is 3. The first-order valence-corrected chi connectivity index (χ1v) is 6.06. The van der Waals surface area contributed by atoms with Gasteiger partial charge in [0.05, 0.1) is 5.56 Å². The maximum atomic E-state index is 11.1. The fourth-order valence-corrected chi connectivity index (χ4v) is 2.03. The van der Waals surface area contributed by atoms with Gasteiger partial charge < -0.3 is 9.84 Å². The number of benzene rings is 2. The second-order valence-electron chi connectivity index (χ2n) is 3.84. The number of carboxylic acid groups (broad SMARTS) is 1. The minimum absolute atomic E-state index is 0.0629. The zero-order valence-corrected chi connectivity index (χ0v) is 10.9. The number of carbonyl (C=O) groups is 1. The molecule has 98 valence electrons. The van der Waals surface area contributed by atoms with Gasteiger partial charge >= 0.3 is 5.97 Å². The second-order valence-corrected chi connectivity index (χ2v) is 4.33. The van der Waals surface area contributed by atoms with Crippen LogP contribution in [0.25, 0.3) is 11.1 Å². The Hall–Kier alpha value is -1.98. The highest BCUT2D eigenvalue weighted by molar-refractivity contribution is 7.80. The summed E-state index contributed by atoms with van der Waals surface area (Å²) in [5, 5.41) is 9.11. The van der Waals surface area contributed by atoms with Crippen molar-refractivity contribution < 1.29 is 14.6 Å². The lowest BCUT2D eigenvalue weighted by atomic mass is 10.0. The van der Waals surface area contributed by atoms with E-state index in [0.29, 0.717) is 10.6 Å². The van der Waals surface area contributed by atoms with Crippen LogP contribution in [0.5, 0.6) is 5.75 Å². The van der Waals surface area contributed by atoms with E-state index in [4.69, 9.17) is 15.6 Å². The van der Waals surface area contributed by atoms with E-state index in [9.17, 15) is 4.79 Å². The summed E-state index contributed by atoms with van der Waals surface area (Å²) in [6, 6.07) is 12.4. The van der Waals surface area contributed by atoms with Crippen molar-refractivity contribution >= 4 is 18.6 Å². The number of rotatable bonds is 4. The van der Waals surface area contributed by atoms with E-state index in [1.54, 1.807) is 24.3 Å². The van der Waals surface area contributed by atoms with Crippen molar-refractivity contribution in [3.8, 4) is 16.9 Å². The molecular weight excluding hydrogens is 262 g/mol. The second kappa shape index (κ2) is 5.77. The van der Waals surface area contributed by atoms with E-state index in [1.165, 1.54) is 0 Å². The molecule has 0 radical (unpaired) electrons. The van der Waals surface area contributed by atoms with Gasteiger partial charge in [-0.3, -0.25) is 5.73 Å². The quantitative estimate of drug-likeness (QED) is 0.592. The molecular formula is C14H13NO3S. The molecule has 0 aromatic heterocycles. The van der Waals surface area contributed by atoms with Crippen molar-refractivity contribution in [3.05, 3.63) is 48.0 Å². The van der Waals surface area contributed by atoms with Crippen LogP contribution in [0.15, 0.2) is 47.4 Å². The van der Waals surface area contributed by atoms with Crippen LogP contribution in [0.4, 0.5) is 0 Å². The van der Waals surface area contributed by atoms with Crippen LogP contribution >= 0.6 is 12.6 Å². The minimum atomic E-state index is -1.01. The summed E-state index contributed by atoms with van der Waals surface area (Å²) in [6.07, 6.45) is 0. The van der Waals surface area contributed by atoms with Gasteiger partial charge in [-0.25, -0.2) is 4.79 Å². The van der Waals surface area contributed by atoms with Crippen LogP contribution in [-0.2, 0) is 0 Å². The van der Waals surface area contributed by atoms with Gasteiger partial charge in [-0.2, -0.15) is 0 Å². The molecule has 0 aliphatic heterocycles. The predicted octanol–water partition coefficient (Wildman–Crippen LogP) is 2.64. The largest absolute Gasteiger partial charge is 0.478 e. The summed E-state index contributed by atoms with van der Waals surface area (Å²) >= 11 is 4.13. The molecule has 0 heterocycles. The SMILES string of the molecule is NCOc1ccccc1-c1ccc(S)c(C(=O)O)c1. The Kier molecular flexibility index (Phi) is 4.09. The van der Waals surface area contributed by atoms with E-state index in [2.05, 4.69) is 12.6 Å². The first kappa shape index (κ1) is 13.5. The number of ether oxygens (including phenoxy) is 1. The Balaban J connectivity index is 2.53. The fraction of sp³-hybridized carbons (Fsp3) is 0.0714. The minimum Gasteiger partial charge on any atom is -0.478 e. The first-order valence-electron chi connectivity index (χ1n) is 5.62. The smallest absolute Gasteiger partial charge is 0.336 e. The Bertz CT molecular complexity index is 613. The normalized spacial score (nSPS) is 10.2. The molecule has 2 aromatic rings. The molecule has 0 aliphatic rings. The number of aromatic carboxylic acids is 1. The van der Waals surface area contributed by atoms with Gasteiger partial charge in [0.15, 0.2) is 0 Å². The Labute approximate surface area is 116 Å². The third-order valence-corrected chi connectivity index (χ3v) is 3.05. The monoisotopic (exact) mass is 275 g/mol. The molecule has 2 rings (SSSR count). The molecule has 5 heteroatoms. The van der Waals surface area contributed by atoms with Crippen molar-refractivity contribution in [2.45, 2.75) is 4.90 Å². The Morgan fingerprint density at radius 3 is 2.68 bits per heavy atom. The molecule has 3 N–H and O–H groups in total. The van der Waals surface area contributed by atoms with Crippen LogP contribution in [0.3, 0.4) is 0 Å². The molecule has 0 atom stereocenters. The molecule has 0 saturated carbocycles. The molecule has 0 saturated heterocycles. The van der Waals surface area contributed by atoms with Crippen molar-refractivity contribution in [1.29, 1.82) is 0 Å². The third-order valence-electron chi connectivity index (χ3n) is 2.66. The molecule has 0 amide bonds. The zero-order chi connectivity index (χ0) is 13.8. The van der Waals surface area contributed by atoms with E-state index in [1.807, 2.05) is 18.2 Å². The van der Waals surface area contributed by atoms with Gasteiger partial charge in [0.25, 0.3) is 0 Å². The average molecular weight is 275 g/mol. The van der Waals surface area contributed by atoms with Crippen LogP contribution < -0.4 is 10.5 Å². The van der Waals surface area contributed by atoms with E-state index in [-0.39, 0.29) is 12.3 Å². The van der Waals surface area contributed by atoms with E-state index < -0.39 is 5.97 Å². The van der Waals surface area contributed by atoms with Crippen LogP contribution in [0, 0.1) is 0 Å². The van der Waals surface area contributed by atoms with Crippen molar-refractivity contribution in [2.24, 2.45) is 5.73 Å². The number of hydrogen-bond acceptors (Lipinski definition) is 4. The Morgan fingerprint density at radius 2 is 2.00 bits per heavy atom. The topological polar surface area (TPSA) is 72.5 Å². The molecule has 4 nitrogen and oxygen atoms in total. The van der Waals surface area contributed by atoms with Gasteiger partial charge in [-0.05, 0) is 23.8 Å². The number of nitrogens with two attached hydrogens (primary N) is 1. The molecule has 0 unspecified atom stereocenters. The summed E-state index contributed by atoms with van der Waals surface area (Å²) in [7, 11) is 0. The van der Waals surface area contributed by atoms with E-state index >= 15 is 0 Å². The highest BCUT2D eigenvalue weighted by Gasteiger charge is 2.11. The average Bonchev–Trinajstić information content (AvgIpc) is 2.40. The summed E-state index contributed by atoms with van der Waals surface area (Å²) in [5.41, 5.74) is 7.08. The lowest BCUT2D eigenvalue weighted by Gasteiger charge is -2.11. The molecule has 0 aliphatic carbocycles. The highest BCUT2D eigenvalue weighted by Crippen LogP contribution is 2.31. The summed E-state index contributed by atoms with van der Waals surface area (Å²) in [6.45, 7) is 0.0629. The van der Waals surface area contributed by atoms with Gasteiger partial charge in [0.2, 0.25) is 0 Å². The zero-order valence-electron chi connectivity index (χ0n) is 10.0. The Morgan fingerprint density at radius 1 is 1.26 bits per heavy atom. The summed E-state index contributed by atoms with van der Waals surface area (Å²) < 4.78 is 5.33. The fourth-order valence-electron chi connectivity index (χ4n) is 1.80. The van der Waals surface area contributed by atoms with Crippen LogP contribution in [0.2, 0.25) is 0 Å². The van der Waals surface area contributed by atoms with E-state index in [0.717, 1.165) is 11.1 Å². The first-order chi connectivity index (χ1) is 9.13. The van der Waals surface area contributed by atoms with Crippen molar-refractivity contribution in [2.75, 3.05) is 6.73 Å². The summed E-state index contributed by atoms with van der Waals surface area (Å²) in [5.74, 6) is -0.391. The van der Waals surface area contributed by atoms with Gasteiger partial charge in [-0.1, -0.05) is 24.3 Å². The molecule has 19 heavy (non-hydrogen) atoms. The van der Waals surface area contributed by atoms with Crippen molar-refractivity contribution in [1.82, 2.24) is 0 Å². The lowest BCUT2D eigenvalue weighted by molar-refractivity contribution is 0.0693. The maximum Gasteiger partial charge on any atom is 0.336 e. The third kappa shape index (κ3) is 2.89. The van der Waals surface area contributed by atoms with Gasteiger partial charge in [0, 0.05) is 10.5 Å². The molecule has 0 bridgehead atoms. The molecule has 0 spiro atoms. The van der Waals surface area contributed by atoms with Crippen molar-refractivity contribution in [3.63, 3.8) is 0 Å². The molecule has 2 aromatic carbocycles. The maximum absolute atomic E-state index is 11.1. The number of carboxylic acids is 1. The number of thiol groups is 1. The lowest BCUT2D eigenvalue weighted by Crippen LogP contribution is -2.08. The summed E-state index contributed by atoms with van der Waals surface area (Å²) in [4.78, 5) is 11.5. The van der Waals surface area contributed by atoms with Gasteiger partial charge in [-0.15, -0.1) is 12.6 Å². The predicted molar refractivity (Wildman–Crippen MR) is 75.8 cm³/mol. The molecule has 0 fully saturated rings. The van der Waals surface area contributed by atoms with Crippen LogP contribution in [-0.4, -0.2) is 17.8 Å².